The number of benzene rings is 1. The summed E-state index contributed by atoms with van der Waals surface area (Å²) in [4.78, 5) is 4.17. The van der Waals surface area contributed by atoms with Crippen molar-refractivity contribution in [2.24, 2.45) is 7.05 Å². The van der Waals surface area contributed by atoms with Crippen molar-refractivity contribution in [1.82, 2.24) is 9.55 Å². The van der Waals surface area contributed by atoms with Crippen LogP contribution in [0.25, 0.3) is 11.4 Å². The molecule has 0 atom stereocenters. The van der Waals surface area contributed by atoms with Crippen molar-refractivity contribution in [2.75, 3.05) is 5.73 Å². The van der Waals surface area contributed by atoms with Gasteiger partial charge in [0.25, 0.3) is 0 Å². The highest BCUT2D eigenvalue weighted by molar-refractivity contribution is 5.62. The normalized spacial score (nSPS) is 9.87. The van der Waals surface area contributed by atoms with Crippen molar-refractivity contribution in [3.8, 4) is 17.5 Å². The van der Waals surface area contributed by atoms with Crippen LogP contribution in [0.3, 0.4) is 0 Å². The summed E-state index contributed by atoms with van der Waals surface area (Å²) in [6.45, 7) is 0. The summed E-state index contributed by atoms with van der Waals surface area (Å²) in [7, 11) is 1.80. The second-order valence-electron chi connectivity index (χ2n) is 3.21. The van der Waals surface area contributed by atoms with Gasteiger partial charge in [-0.1, -0.05) is 30.3 Å². The maximum absolute atomic E-state index is 8.80. The molecule has 0 spiro atoms. The van der Waals surface area contributed by atoms with E-state index in [2.05, 4.69) is 4.98 Å². The Morgan fingerprint density at radius 3 is 2.53 bits per heavy atom. The van der Waals surface area contributed by atoms with Crippen LogP contribution < -0.4 is 5.73 Å². The molecule has 2 rings (SSSR count). The molecular weight excluding hydrogens is 188 g/mol. The quantitative estimate of drug-likeness (QED) is 0.755. The fraction of sp³-hybridized carbons (Fsp3) is 0.0909. The summed E-state index contributed by atoms with van der Waals surface area (Å²) in [5.41, 5.74) is 6.96. The lowest BCUT2D eigenvalue weighted by molar-refractivity contribution is 0.936. The second-order valence-corrected chi connectivity index (χ2v) is 3.21. The third-order valence-corrected chi connectivity index (χ3v) is 2.28. The number of rotatable bonds is 1. The zero-order valence-corrected chi connectivity index (χ0v) is 8.31. The molecule has 0 fully saturated rings. The van der Waals surface area contributed by atoms with Gasteiger partial charge in [-0.2, -0.15) is 5.26 Å². The van der Waals surface area contributed by atoms with E-state index in [1.54, 1.807) is 11.6 Å². The summed E-state index contributed by atoms with van der Waals surface area (Å²) < 4.78 is 1.72. The fourth-order valence-corrected chi connectivity index (χ4v) is 1.44. The molecule has 0 aliphatic carbocycles. The van der Waals surface area contributed by atoms with Gasteiger partial charge < -0.3 is 10.3 Å². The Balaban J connectivity index is 2.61. The van der Waals surface area contributed by atoms with Gasteiger partial charge in [-0.3, -0.25) is 0 Å². The zero-order valence-electron chi connectivity index (χ0n) is 8.31. The molecule has 1 aromatic heterocycles. The highest BCUT2D eigenvalue weighted by Gasteiger charge is 2.12. The van der Waals surface area contributed by atoms with Gasteiger partial charge in [-0.25, -0.2) is 4.98 Å². The molecule has 0 radical (unpaired) electrons. The number of hydrogen-bond acceptors (Lipinski definition) is 3. The summed E-state index contributed by atoms with van der Waals surface area (Å²) in [6.07, 6.45) is 0. The van der Waals surface area contributed by atoms with E-state index in [9.17, 15) is 0 Å². The minimum Gasteiger partial charge on any atom is -0.383 e. The molecule has 0 saturated carbocycles. The predicted octanol–water partition coefficient (Wildman–Crippen LogP) is 1.54. The summed E-state index contributed by atoms with van der Waals surface area (Å²) in [5.74, 6) is 1.11. The molecule has 1 heterocycles. The molecule has 0 bridgehead atoms. The minimum absolute atomic E-state index is 0.274. The van der Waals surface area contributed by atoms with Gasteiger partial charge in [0, 0.05) is 12.6 Å². The monoisotopic (exact) mass is 198 g/mol. The van der Waals surface area contributed by atoms with Crippen molar-refractivity contribution < 1.29 is 0 Å². The smallest absolute Gasteiger partial charge is 0.183 e. The maximum Gasteiger partial charge on any atom is 0.183 e. The van der Waals surface area contributed by atoms with Gasteiger partial charge in [-0.15, -0.1) is 0 Å². The zero-order chi connectivity index (χ0) is 10.8. The van der Waals surface area contributed by atoms with Crippen LogP contribution in [-0.2, 0) is 7.05 Å². The average Bonchev–Trinajstić information content (AvgIpc) is 2.57. The molecule has 0 aliphatic rings. The van der Waals surface area contributed by atoms with E-state index in [0.29, 0.717) is 11.6 Å². The lowest BCUT2D eigenvalue weighted by Crippen LogP contribution is -1.98. The summed E-state index contributed by atoms with van der Waals surface area (Å²) in [6, 6.07) is 11.6. The van der Waals surface area contributed by atoms with Crippen LogP contribution in [0.4, 0.5) is 5.82 Å². The number of nitrogens with two attached hydrogens (primary N) is 1. The van der Waals surface area contributed by atoms with Crippen LogP contribution in [0.2, 0.25) is 0 Å². The average molecular weight is 198 g/mol. The Hall–Kier alpha value is -2.28. The first-order valence-corrected chi connectivity index (χ1v) is 4.51. The van der Waals surface area contributed by atoms with E-state index in [0.717, 1.165) is 5.56 Å². The molecule has 0 amide bonds. The highest BCUT2D eigenvalue weighted by atomic mass is 15.1. The fourth-order valence-electron chi connectivity index (χ4n) is 1.44. The van der Waals surface area contributed by atoms with Crippen molar-refractivity contribution in [1.29, 1.82) is 5.26 Å². The van der Waals surface area contributed by atoms with Crippen molar-refractivity contribution in [3.05, 3.63) is 36.0 Å². The maximum atomic E-state index is 8.80. The van der Waals surface area contributed by atoms with Crippen molar-refractivity contribution in [2.45, 2.75) is 0 Å². The number of nitrogens with zero attached hydrogens (tertiary/aromatic N) is 3. The summed E-state index contributed by atoms with van der Waals surface area (Å²) >= 11 is 0. The first kappa shape index (κ1) is 9.28. The standard InChI is InChI=1S/C11H10N4/c1-15-10(13)9(7-12)14-11(15)8-5-3-2-4-6-8/h2-6H,13H2,1H3. The lowest BCUT2D eigenvalue weighted by Gasteiger charge is -2.01. The highest BCUT2D eigenvalue weighted by Crippen LogP contribution is 2.21. The Labute approximate surface area is 87.6 Å². The minimum atomic E-state index is 0.274. The number of aromatic nitrogens is 2. The van der Waals surface area contributed by atoms with Crippen LogP contribution >= 0.6 is 0 Å². The molecule has 0 saturated heterocycles. The van der Waals surface area contributed by atoms with Crippen molar-refractivity contribution in [3.63, 3.8) is 0 Å². The van der Waals surface area contributed by atoms with E-state index in [1.807, 2.05) is 36.4 Å². The number of nitrogen functional groups attached to an aromatic ring is 1. The first-order chi connectivity index (χ1) is 7.24. The molecule has 4 heteroatoms. The molecule has 2 N–H and O–H groups in total. The van der Waals surface area contributed by atoms with Gasteiger partial charge in [0.05, 0.1) is 0 Å². The summed E-state index contributed by atoms with van der Waals surface area (Å²) in [5, 5.41) is 8.80. The van der Waals surface area contributed by atoms with E-state index in [-0.39, 0.29) is 5.69 Å². The van der Waals surface area contributed by atoms with Gasteiger partial charge in [0.15, 0.2) is 5.69 Å². The molecule has 74 valence electrons. The first-order valence-electron chi connectivity index (χ1n) is 4.51. The molecule has 0 aliphatic heterocycles. The Morgan fingerprint density at radius 2 is 2.00 bits per heavy atom. The van der Waals surface area contributed by atoms with Gasteiger partial charge >= 0.3 is 0 Å². The molecule has 15 heavy (non-hydrogen) atoms. The predicted molar refractivity (Wildman–Crippen MR) is 57.8 cm³/mol. The third kappa shape index (κ3) is 1.44. The van der Waals surface area contributed by atoms with Crippen LogP contribution in [0.15, 0.2) is 30.3 Å². The van der Waals surface area contributed by atoms with Crippen molar-refractivity contribution >= 4 is 5.82 Å². The Bertz CT molecular complexity index is 520. The Kier molecular flexibility index (Phi) is 2.14. The van der Waals surface area contributed by atoms with Gasteiger partial charge in [-0.05, 0) is 0 Å². The molecular formula is C11H10N4. The molecule has 1 aromatic carbocycles. The van der Waals surface area contributed by atoms with E-state index >= 15 is 0 Å². The molecule has 2 aromatic rings. The molecule has 4 nitrogen and oxygen atoms in total. The SMILES string of the molecule is Cn1c(-c2ccccc2)nc(C#N)c1N. The second kappa shape index (κ2) is 3.46. The van der Waals surface area contributed by atoms with E-state index < -0.39 is 0 Å². The number of nitriles is 1. The Morgan fingerprint density at radius 1 is 1.33 bits per heavy atom. The topological polar surface area (TPSA) is 67.6 Å². The van der Waals surface area contributed by atoms with E-state index in [1.165, 1.54) is 0 Å². The van der Waals surface area contributed by atoms with Crippen LogP contribution in [0.1, 0.15) is 5.69 Å². The van der Waals surface area contributed by atoms with Crippen LogP contribution in [0, 0.1) is 11.3 Å². The third-order valence-electron chi connectivity index (χ3n) is 2.28. The van der Waals surface area contributed by atoms with Gasteiger partial charge in [0.2, 0.25) is 0 Å². The van der Waals surface area contributed by atoms with Gasteiger partial charge in [0.1, 0.15) is 17.7 Å². The largest absolute Gasteiger partial charge is 0.383 e. The van der Waals surface area contributed by atoms with Crippen LogP contribution in [0.5, 0.6) is 0 Å². The number of hydrogen-bond donors (Lipinski definition) is 1. The number of imidazole rings is 1. The van der Waals surface area contributed by atoms with Crippen LogP contribution in [-0.4, -0.2) is 9.55 Å². The number of anilines is 1. The van der Waals surface area contributed by atoms with E-state index in [4.69, 9.17) is 11.0 Å². The lowest BCUT2D eigenvalue weighted by atomic mass is 10.2. The molecule has 0 unspecified atom stereocenters.